The number of alkyl halides is 3. The largest absolute Gasteiger partial charge is 0.416 e. The van der Waals surface area contributed by atoms with E-state index in [1.807, 2.05) is 12.1 Å². The van der Waals surface area contributed by atoms with Crippen molar-refractivity contribution in [2.75, 3.05) is 5.32 Å². The minimum absolute atomic E-state index is 0.358. The van der Waals surface area contributed by atoms with Crippen molar-refractivity contribution in [3.05, 3.63) is 71.5 Å². The number of halogens is 3. The van der Waals surface area contributed by atoms with E-state index in [1.165, 1.54) is 24.0 Å². The molecular formula is C21H18F3N3O. The fourth-order valence-electron chi connectivity index (χ4n) is 3.44. The molecule has 0 fully saturated rings. The van der Waals surface area contributed by atoms with E-state index >= 15 is 0 Å². The SMILES string of the molecule is O[C@H]1CCc2cccc(Nc3cc(-c4ccc(C(F)(F)F)cc4)ncn3)c2C1. The summed E-state index contributed by atoms with van der Waals surface area (Å²) < 4.78 is 38.2. The lowest BCUT2D eigenvalue weighted by Crippen LogP contribution is -2.19. The van der Waals surface area contributed by atoms with Gasteiger partial charge in [-0.25, -0.2) is 9.97 Å². The number of rotatable bonds is 3. The zero-order valence-electron chi connectivity index (χ0n) is 14.9. The van der Waals surface area contributed by atoms with Crippen LogP contribution in [0, 0.1) is 0 Å². The number of aromatic nitrogens is 2. The Kier molecular flexibility index (Phi) is 4.77. The predicted molar refractivity (Wildman–Crippen MR) is 100 cm³/mol. The molecule has 3 aromatic rings. The Balaban J connectivity index is 1.60. The number of anilines is 2. The van der Waals surface area contributed by atoms with Crippen molar-refractivity contribution >= 4 is 11.5 Å². The van der Waals surface area contributed by atoms with Crippen molar-refractivity contribution in [2.24, 2.45) is 0 Å². The predicted octanol–water partition coefficient (Wildman–Crippen LogP) is 4.76. The molecule has 1 heterocycles. The third-order valence-corrected chi connectivity index (χ3v) is 4.90. The highest BCUT2D eigenvalue weighted by molar-refractivity contribution is 5.68. The van der Waals surface area contributed by atoms with Crippen molar-refractivity contribution in [1.29, 1.82) is 0 Å². The first kappa shape index (κ1) is 18.4. The van der Waals surface area contributed by atoms with Crippen LogP contribution in [0.1, 0.15) is 23.1 Å². The van der Waals surface area contributed by atoms with Gasteiger partial charge in [0.15, 0.2) is 0 Å². The summed E-state index contributed by atoms with van der Waals surface area (Å²) in [4.78, 5) is 8.39. The Hall–Kier alpha value is -2.93. The number of hydrogen-bond donors (Lipinski definition) is 2. The molecule has 1 aliphatic carbocycles. The van der Waals surface area contributed by atoms with E-state index in [2.05, 4.69) is 21.4 Å². The number of nitrogens with zero attached hydrogens (tertiary/aromatic N) is 2. The lowest BCUT2D eigenvalue weighted by molar-refractivity contribution is -0.137. The second-order valence-corrected chi connectivity index (χ2v) is 6.83. The Morgan fingerprint density at radius 3 is 2.57 bits per heavy atom. The number of aliphatic hydroxyl groups excluding tert-OH is 1. The quantitative estimate of drug-likeness (QED) is 0.683. The molecule has 1 atom stereocenters. The smallest absolute Gasteiger partial charge is 0.393 e. The monoisotopic (exact) mass is 385 g/mol. The minimum atomic E-state index is -4.37. The Morgan fingerprint density at radius 2 is 1.82 bits per heavy atom. The van der Waals surface area contributed by atoms with Crippen LogP contribution in [0.3, 0.4) is 0 Å². The van der Waals surface area contributed by atoms with Crippen LogP contribution in [0.5, 0.6) is 0 Å². The molecule has 1 aromatic heterocycles. The molecule has 0 aliphatic heterocycles. The van der Waals surface area contributed by atoms with Gasteiger partial charge in [-0.05, 0) is 42.2 Å². The highest BCUT2D eigenvalue weighted by Gasteiger charge is 2.30. The summed E-state index contributed by atoms with van der Waals surface area (Å²) in [5.74, 6) is 0.540. The van der Waals surface area contributed by atoms with Crippen LogP contribution in [0.2, 0.25) is 0 Å². The van der Waals surface area contributed by atoms with Gasteiger partial charge in [0.1, 0.15) is 12.1 Å². The van der Waals surface area contributed by atoms with Gasteiger partial charge in [0.2, 0.25) is 0 Å². The molecule has 1 aliphatic rings. The lowest BCUT2D eigenvalue weighted by Gasteiger charge is -2.23. The van der Waals surface area contributed by atoms with Gasteiger partial charge >= 0.3 is 6.18 Å². The number of aliphatic hydroxyl groups is 1. The first-order valence-corrected chi connectivity index (χ1v) is 8.96. The van der Waals surface area contributed by atoms with E-state index in [4.69, 9.17) is 0 Å². The van der Waals surface area contributed by atoms with Crippen LogP contribution in [-0.4, -0.2) is 21.2 Å². The van der Waals surface area contributed by atoms with Crippen LogP contribution in [0.4, 0.5) is 24.7 Å². The average molecular weight is 385 g/mol. The van der Waals surface area contributed by atoms with E-state index in [1.54, 1.807) is 6.07 Å². The first-order valence-electron chi connectivity index (χ1n) is 8.96. The molecule has 2 N–H and O–H groups in total. The van der Waals surface area contributed by atoms with Crippen LogP contribution < -0.4 is 5.32 Å². The van der Waals surface area contributed by atoms with E-state index in [0.29, 0.717) is 23.5 Å². The maximum Gasteiger partial charge on any atom is 0.416 e. The van der Waals surface area contributed by atoms with Crippen molar-refractivity contribution in [1.82, 2.24) is 9.97 Å². The van der Waals surface area contributed by atoms with Gasteiger partial charge in [-0.2, -0.15) is 13.2 Å². The van der Waals surface area contributed by atoms with Crippen LogP contribution in [0.25, 0.3) is 11.3 Å². The molecule has 0 bridgehead atoms. The average Bonchev–Trinajstić information content (AvgIpc) is 2.68. The maximum absolute atomic E-state index is 12.7. The highest BCUT2D eigenvalue weighted by atomic mass is 19.4. The lowest BCUT2D eigenvalue weighted by atomic mass is 9.88. The molecule has 4 rings (SSSR count). The summed E-state index contributed by atoms with van der Waals surface area (Å²) in [5.41, 5.74) is 3.54. The molecule has 0 radical (unpaired) electrons. The number of benzene rings is 2. The first-order chi connectivity index (χ1) is 13.4. The molecule has 0 amide bonds. The molecule has 0 spiro atoms. The van der Waals surface area contributed by atoms with Crippen molar-refractivity contribution in [3.8, 4) is 11.3 Å². The van der Waals surface area contributed by atoms with Crippen molar-refractivity contribution < 1.29 is 18.3 Å². The number of fused-ring (bicyclic) bond motifs is 1. The third-order valence-electron chi connectivity index (χ3n) is 4.90. The van der Waals surface area contributed by atoms with Gasteiger partial charge in [-0.15, -0.1) is 0 Å². The van der Waals surface area contributed by atoms with Crippen LogP contribution in [0.15, 0.2) is 54.9 Å². The topological polar surface area (TPSA) is 58.0 Å². The van der Waals surface area contributed by atoms with Gasteiger partial charge < -0.3 is 10.4 Å². The molecule has 0 unspecified atom stereocenters. The maximum atomic E-state index is 12.7. The molecule has 0 saturated carbocycles. The molecule has 28 heavy (non-hydrogen) atoms. The summed E-state index contributed by atoms with van der Waals surface area (Å²) in [6.45, 7) is 0. The summed E-state index contributed by atoms with van der Waals surface area (Å²) in [5, 5.41) is 13.2. The number of hydrogen-bond acceptors (Lipinski definition) is 4. The fraction of sp³-hybridized carbons (Fsp3) is 0.238. The van der Waals surface area contributed by atoms with Crippen molar-refractivity contribution in [2.45, 2.75) is 31.5 Å². The fourth-order valence-corrected chi connectivity index (χ4v) is 3.44. The van der Waals surface area contributed by atoms with E-state index in [9.17, 15) is 18.3 Å². The van der Waals surface area contributed by atoms with Gasteiger partial charge in [0.05, 0.1) is 17.4 Å². The third kappa shape index (κ3) is 3.84. The summed E-state index contributed by atoms with van der Waals surface area (Å²) in [7, 11) is 0. The Bertz CT molecular complexity index is 987. The zero-order valence-corrected chi connectivity index (χ0v) is 14.9. The number of nitrogens with one attached hydrogen (secondary N) is 1. The molecule has 4 nitrogen and oxygen atoms in total. The number of aryl methyl sites for hydroxylation is 1. The Labute approximate surface area is 160 Å². The minimum Gasteiger partial charge on any atom is -0.393 e. The Morgan fingerprint density at radius 1 is 1.04 bits per heavy atom. The van der Waals surface area contributed by atoms with Gasteiger partial charge in [0.25, 0.3) is 0 Å². The van der Waals surface area contributed by atoms with Crippen LogP contribution in [-0.2, 0) is 19.0 Å². The van der Waals surface area contributed by atoms with Crippen LogP contribution >= 0.6 is 0 Å². The molecule has 2 aromatic carbocycles. The molecule has 7 heteroatoms. The molecular weight excluding hydrogens is 367 g/mol. The highest BCUT2D eigenvalue weighted by Crippen LogP contribution is 2.32. The molecule has 144 valence electrons. The second kappa shape index (κ2) is 7.24. The summed E-state index contributed by atoms with van der Waals surface area (Å²) in [6, 6.07) is 12.5. The van der Waals surface area contributed by atoms with E-state index in [0.717, 1.165) is 36.2 Å². The van der Waals surface area contributed by atoms with E-state index in [-0.39, 0.29) is 6.10 Å². The van der Waals surface area contributed by atoms with E-state index < -0.39 is 11.7 Å². The zero-order chi connectivity index (χ0) is 19.7. The normalized spacial score (nSPS) is 16.5. The van der Waals surface area contributed by atoms with Crippen molar-refractivity contribution in [3.63, 3.8) is 0 Å². The molecule has 0 saturated heterocycles. The van der Waals surface area contributed by atoms with Gasteiger partial charge in [-0.1, -0.05) is 24.3 Å². The van der Waals surface area contributed by atoms with Gasteiger partial charge in [0, 0.05) is 23.7 Å². The summed E-state index contributed by atoms with van der Waals surface area (Å²) >= 11 is 0. The second-order valence-electron chi connectivity index (χ2n) is 6.83. The standard InChI is InChI=1S/C21H18F3N3O/c22-21(23,24)15-7-4-14(5-8-15)19-11-20(26-12-25-19)27-18-3-1-2-13-6-9-16(28)10-17(13)18/h1-5,7-8,11-12,16,28H,6,9-10H2,(H,25,26,27)/t16-/m0/s1. The van der Waals surface area contributed by atoms with Gasteiger partial charge in [-0.3, -0.25) is 0 Å². The summed E-state index contributed by atoms with van der Waals surface area (Å²) in [6.07, 6.45) is -1.19.